The first-order valence-corrected chi connectivity index (χ1v) is 6.70. The number of hydrogen-bond acceptors (Lipinski definition) is 3. The monoisotopic (exact) mass is 298 g/mol. The number of alkyl halides is 1. The Morgan fingerprint density at radius 2 is 1.67 bits per heavy atom. The smallest absolute Gasteiger partial charge is 0.309 e. The van der Waals surface area contributed by atoms with Gasteiger partial charge in [-0.2, -0.15) is 0 Å². The van der Waals surface area contributed by atoms with Gasteiger partial charge in [0, 0.05) is 5.56 Å². The molecule has 0 radical (unpaired) electrons. The molecule has 0 bridgehead atoms. The van der Waals surface area contributed by atoms with Crippen molar-refractivity contribution in [1.29, 1.82) is 0 Å². The maximum absolute atomic E-state index is 14.3. The van der Waals surface area contributed by atoms with E-state index in [1.807, 2.05) is 0 Å². The van der Waals surface area contributed by atoms with Crippen molar-refractivity contribution >= 4 is 5.97 Å². The van der Waals surface area contributed by atoms with Gasteiger partial charge < -0.3 is 14.6 Å². The molecular formula is C16H23FO4. The minimum Gasteiger partial charge on any atom is -0.496 e. The highest BCUT2D eigenvalue weighted by atomic mass is 19.1. The molecule has 4 nitrogen and oxygen atoms in total. The summed E-state index contributed by atoms with van der Waals surface area (Å²) in [4.78, 5) is 11.3. The molecule has 21 heavy (non-hydrogen) atoms. The molecule has 0 spiro atoms. The number of ether oxygens (including phenoxy) is 2. The van der Waals surface area contributed by atoms with Crippen LogP contribution in [0.4, 0.5) is 4.39 Å². The lowest BCUT2D eigenvalue weighted by atomic mass is 9.84. The predicted molar refractivity (Wildman–Crippen MR) is 78.8 cm³/mol. The highest BCUT2D eigenvalue weighted by molar-refractivity contribution is 5.74. The minimum atomic E-state index is -1.58. The van der Waals surface area contributed by atoms with Gasteiger partial charge in [-0.1, -0.05) is 0 Å². The Morgan fingerprint density at radius 1 is 1.14 bits per heavy atom. The van der Waals surface area contributed by atoms with Crippen LogP contribution in [-0.2, 0) is 16.9 Å². The van der Waals surface area contributed by atoms with Gasteiger partial charge in [0.25, 0.3) is 0 Å². The van der Waals surface area contributed by atoms with E-state index >= 15 is 0 Å². The van der Waals surface area contributed by atoms with Gasteiger partial charge >= 0.3 is 5.97 Å². The van der Waals surface area contributed by atoms with E-state index in [0.717, 1.165) is 0 Å². The molecule has 0 amide bonds. The van der Waals surface area contributed by atoms with Crippen molar-refractivity contribution in [3.8, 4) is 11.5 Å². The minimum absolute atomic E-state index is 0.259. The second-order valence-corrected chi connectivity index (χ2v) is 6.20. The van der Waals surface area contributed by atoms with E-state index in [9.17, 15) is 14.3 Å². The van der Waals surface area contributed by atoms with Gasteiger partial charge in [0.1, 0.15) is 17.2 Å². The molecule has 0 saturated carbocycles. The van der Waals surface area contributed by atoms with Crippen molar-refractivity contribution < 1.29 is 23.8 Å². The fraction of sp³-hybridized carbons (Fsp3) is 0.562. The van der Waals surface area contributed by atoms with Crippen molar-refractivity contribution in [2.45, 2.75) is 39.8 Å². The van der Waals surface area contributed by atoms with Crippen molar-refractivity contribution in [2.24, 2.45) is 5.41 Å². The Kier molecular flexibility index (Phi) is 4.87. The highest BCUT2D eigenvalue weighted by Gasteiger charge is 2.31. The van der Waals surface area contributed by atoms with Crippen LogP contribution in [0.1, 0.15) is 38.8 Å². The number of benzene rings is 1. The molecule has 0 aromatic heterocycles. The van der Waals surface area contributed by atoms with E-state index in [0.29, 0.717) is 22.6 Å². The second kappa shape index (κ2) is 5.92. The number of aliphatic carboxylic acids is 1. The molecule has 0 aliphatic rings. The summed E-state index contributed by atoms with van der Waals surface area (Å²) in [6, 6.07) is 3.23. The van der Waals surface area contributed by atoms with Crippen LogP contribution in [0.25, 0.3) is 0 Å². The number of rotatable bonds is 6. The van der Waals surface area contributed by atoms with Gasteiger partial charge in [-0.05, 0) is 51.8 Å². The first-order valence-electron chi connectivity index (χ1n) is 6.70. The third-order valence-corrected chi connectivity index (χ3v) is 3.45. The molecule has 5 heteroatoms. The van der Waals surface area contributed by atoms with Crippen LogP contribution in [0.3, 0.4) is 0 Å². The van der Waals surface area contributed by atoms with Crippen LogP contribution in [0.15, 0.2) is 12.1 Å². The van der Waals surface area contributed by atoms with Crippen LogP contribution in [0, 0.1) is 5.41 Å². The Morgan fingerprint density at radius 3 is 2.05 bits per heavy atom. The molecule has 1 aromatic rings. The van der Waals surface area contributed by atoms with Crippen LogP contribution in [-0.4, -0.2) is 25.3 Å². The van der Waals surface area contributed by atoms with Crippen LogP contribution in [0.2, 0.25) is 0 Å². The fourth-order valence-corrected chi connectivity index (χ4v) is 2.12. The van der Waals surface area contributed by atoms with Gasteiger partial charge in [-0.25, -0.2) is 4.39 Å². The summed E-state index contributed by atoms with van der Waals surface area (Å²) in [6.45, 7) is 6.14. The van der Waals surface area contributed by atoms with Crippen LogP contribution < -0.4 is 9.47 Å². The van der Waals surface area contributed by atoms with Crippen molar-refractivity contribution in [2.75, 3.05) is 14.2 Å². The lowest BCUT2D eigenvalue weighted by Gasteiger charge is -2.24. The molecular weight excluding hydrogens is 275 g/mol. The maximum Gasteiger partial charge on any atom is 0.309 e. The van der Waals surface area contributed by atoms with E-state index in [-0.39, 0.29) is 6.42 Å². The zero-order chi connectivity index (χ0) is 16.4. The Hall–Kier alpha value is -1.78. The second-order valence-electron chi connectivity index (χ2n) is 6.20. The maximum atomic E-state index is 14.3. The van der Waals surface area contributed by atoms with E-state index in [4.69, 9.17) is 9.47 Å². The highest BCUT2D eigenvalue weighted by Crippen LogP contribution is 2.39. The van der Waals surface area contributed by atoms with E-state index in [1.165, 1.54) is 28.1 Å². The quantitative estimate of drug-likeness (QED) is 0.872. The molecule has 1 aromatic carbocycles. The molecule has 0 fully saturated rings. The van der Waals surface area contributed by atoms with Crippen LogP contribution in [0.5, 0.6) is 11.5 Å². The standard InChI is InChI=1S/C16H23FO4/c1-15(2,14(18)19)9-10-7-13(21-6)11(16(3,4)17)8-12(10)20-5/h7-8H,9H2,1-6H3,(H,18,19). The number of carboxylic acid groups (broad SMARTS) is 1. The van der Waals surface area contributed by atoms with E-state index < -0.39 is 17.1 Å². The molecule has 1 rings (SSSR count). The lowest BCUT2D eigenvalue weighted by molar-refractivity contribution is -0.146. The summed E-state index contributed by atoms with van der Waals surface area (Å²) in [6.07, 6.45) is 0.259. The van der Waals surface area contributed by atoms with E-state index in [1.54, 1.807) is 26.0 Å². The predicted octanol–water partition coefficient (Wildman–Crippen LogP) is 3.56. The van der Waals surface area contributed by atoms with Crippen molar-refractivity contribution in [3.63, 3.8) is 0 Å². The molecule has 0 atom stereocenters. The molecule has 1 N–H and O–H groups in total. The van der Waals surface area contributed by atoms with Gasteiger partial charge in [-0.15, -0.1) is 0 Å². The van der Waals surface area contributed by atoms with Crippen molar-refractivity contribution in [1.82, 2.24) is 0 Å². The first kappa shape index (κ1) is 17.3. The average Bonchev–Trinajstić information content (AvgIpc) is 2.36. The molecule has 0 aliphatic heterocycles. The fourth-order valence-electron chi connectivity index (χ4n) is 2.12. The zero-order valence-electron chi connectivity index (χ0n) is 13.4. The molecule has 0 aliphatic carbocycles. The number of hydrogen-bond donors (Lipinski definition) is 1. The topological polar surface area (TPSA) is 55.8 Å². The van der Waals surface area contributed by atoms with Gasteiger partial charge in [-0.3, -0.25) is 4.79 Å². The molecule has 0 saturated heterocycles. The van der Waals surface area contributed by atoms with Gasteiger partial charge in [0.15, 0.2) is 0 Å². The van der Waals surface area contributed by atoms with Crippen LogP contribution >= 0.6 is 0 Å². The number of halogens is 1. The summed E-state index contributed by atoms with van der Waals surface area (Å²) in [7, 11) is 2.94. The number of carbonyl (C=O) groups is 1. The summed E-state index contributed by atoms with van der Waals surface area (Å²) in [5.41, 5.74) is -1.49. The normalized spacial score (nSPS) is 12.1. The number of methoxy groups -OCH3 is 2. The first-order chi connectivity index (χ1) is 9.52. The molecule has 118 valence electrons. The van der Waals surface area contributed by atoms with E-state index in [2.05, 4.69) is 0 Å². The third kappa shape index (κ3) is 3.86. The average molecular weight is 298 g/mol. The molecule has 0 heterocycles. The summed E-state index contributed by atoms with van der Waals surface area (Å²) < 4.78 is 24.8. The number of carboxylic acids is 1. The Balaban J connectivity index is 3.38. The Labute approximate surface area is 124 Å². The van der Waals surface area contributed by atoms with Gasteiger partial charge in [0.2, 0.25) is 0 Å². The lowest BCUT2D eigenvalue weighted by Crippen LogP contribution is -2.26. The zero-order valence-corrected chi connectivity index (χ0v) is 13.4. The molecule has 0 unspecified atom stereocenters. The largest absolute Gasteiger partial charge is 0.496 e. The Bertz CT molecular complexity index is 530. The SMILES string of the molecule is COc1cc(C(C)(C)F)c(OC)cc1CC(C)(C)C(=O)O. The third-order valence-electron chi connectivity index (χ3n) is 3.45. The van der Waals surface area contributed by atoms with Gasteiger partial charge in [0.05, 0.1) is 19.6 Å². The summed E-state index contributed by atoms with van der Waals surface area (Å²) in [5, 5.41) is 9.24. The summed E-state index contributed by atoms with van der Waals surface area (Å²) in [5.74, 6) is -0.0521. The summed E-state index contributed by atoms with van der Waals surface area (Å²) >= 11 is 0. The van der Waals surface area contributed by atoms with Crippen molar-refractivity contribution in [3.05, 3.63) is 23.3 Å².